The van der Waals surface area contributed by atoms with Crippen LogP contribution in [-0.4, -0.2) is 87.4 Å². The molecule has 2 atom stereocenters. The van der Waals surface area contributed by atoms with E-state index in [-0.39, 0.29) is 32.2 Å². The quantitative estimate of drug-likeness (QED) is 0.0211. The molecule has 0 aromatic rings. The van der Waals surface area contributed by atoms with Gasteiger partial charge < -0.3 is 28.5 Å². The summed E-state index contributed by atoms with van der Waals surface area (Å²) in [5, 5.41) is 9.75. The number of carbonyl (C=O) groups is 3. The van der Waals surface area contributed by atoms with Crippen LogP contribution in [0.1, 0.15) is 309 Å². The highest BCUT2D eigenvalue weighted by molar-refractivity contribution is 5.71. The Morgan fingerprint density at radius 3 is 0.966 bits per heavy atom. The number of carboxylic acids is 1. The SMILES string of the molecule is CC/C=C\C/C=C\C/C=C\C/C=C\C/C=C\C/C=C\C/C=C\C/C=C\C/C=C\CCCCCCCC(=O)OC(COC(=O)CCCCCCCCCCCCCCCCCCCCC/C=C\CCCCCCCCCC)COC(OCC[N+](C)(C)C)C(=O)O. The number of quaternary nitrogens is 1. The second-order valence-electron chi connectivity index (χ2n) is 25.5. The predicted octanol–water partition coefficient (Wildman–Crippen LogP) is 23.1. The van der Waals surface area contributed by atoms with Gasteiger partial charge >= 0.3 is 17.9 Å². The number of rotatable bonds is 67. The van der Waals surface area contributed by atoms with Gasteiger partial charge in [-0.2, -0.15) is 0 Å². The van der Waals surface area contributed by atoms with Gasteiger partial charge in [-0.1, -0.05) is 309 Å². The highest BCUT2D eigenvalue weighted by Gasteiger charge is 2.25. The molecule has 2 unspecified atom stereocenters. The minimum absolute atomic E-state index is 0.179. The Balaban J connectivity index is 4.16. The Bertz CT molecular complexity index is 1880. The highest BCUT2D eigenvalue weighted by atomic mass is 16.7. The lowest BCUT2D eigenvalue weighted by Crippen LogP contribution is -2.40. The number of nitrogens with zero attached hydrogens (tertiary/aromatic N) is 1. The van der Waals surface area contributed by atoms with Crippen molar-refractivity contribution in [2.75, 3.05) is 47.5 Å². The standard InChI is InChI=1S/C80H137NO8/c1-6-8-10-12-14-16-18-20-22-24-26-28-30-32-34-36-38-39-41-43-45-47-49-51-53-55-57-59-61-63-65-67-69-71-78(83)89-76(75-88-80(79(84)85)86-73-72-81(3,4)5)74-87-77(82)70-68-66-64-62-60-58-56-54-52-50-48-46-44-42-40-37-35-33-31-29-27-25-23-21-19-17-15-13-11-9-7-2/h8,10,14,16,20,22,25-28,32,34,38-39,43,45,49,51,55,57,76,80H,6-7,9,11-13,15,17-19,21,23-24,29-31,33,35-37,40-42,44,46-48,50,52-54,56,58-75H2,1-5H3/p+1/b10-8-,16-14-,22-20-,27-25-,28-26-,34-32-,39-38-,45-43-,51-49-,57-55-. The lowest BCUT2D eigenvalue weighted by molar-refractivity contribution is -0.870. The fraction of sp³-hybridized carbons (Fsp3) is 0.713. The number of aliphatic carboxylic acids is 1. The number of likely N-dealkylation sites (N-methyl/N-ethyl adjacent to an activating group) is 1. The van der Waals surface area contributed by atoms with Crippen LogP contribution in [-0.2, 0) is 33.3 Å². The zero-order valence-corrected chi connectivity index (χ0v) is 58.3. The predicted molar refractivity (Wildman–Crippen MR) is 382 cm³/mol. The van der Waals surface area contributed by atoms with E-state index in [0.717, 1.165) is 109 Å². The minimum atomic E-state index is -1.52. The topological polar surface area (TPSA) is 108 Å². The number of ether oxygens (including phenoxy) is 4. The van der Waals surface area contributed by atoms with E-state index in [2.05, 4.69) is 135 Å². The Morgan fingerprint density at radius 1 is 0.348 bits per heavy atom. The zero-order chi connectivity index (χ0) is 64.7. The average Bonchev–Trinajstić information content (AvgIpc) is 3.64. The van der Waals surface area contributed by atoms with E-state index in [9.17, 15) is 19.5 Å². The van der Waals surface area contributed by atoms with Crippen molar-refractivity contribution in [3.8, 4) is 0 Å². The Labute approximate surface area is 548 Å². The summed E-state index contributed by atoms with van der Waals surface area (Å²) in [6.07, 6.45) is 96.1. The first kappa shape index (κ1) is 84.7. The van der Waals surface area contributed by atoms with Crippen molar-refractivity contribution in [2.45, 2.75) is 322 Å². The minimum Gasteiger partial charge on any atom is -0.477 e. The maximum Gasteiger partial charge on any atom is 0.361 e. The molecule has 510 valence electrons. The molecule has 9 heteroatoms. The van der Waals surface area contributed by atoms with Gasteiger partial charge in [0, 0.05) is 12.8 Å². The molecule has 0 bridgehead atoms. The summed E-state index contributed by atoms with van der Waals surface area (Å²) in [5.41, 5.74) is 0. The second kappa shape index (κ2) is 69.6. The van der Waals surface area contributed by atoms with Crippen LogP contribution in [0.3, 0.4) is 0 Å². The van der Waals surface area contributed by atoms with Gasteiger partial charge in [0.05, 0.1) is 34.4 Å². The van der Waals surface area contributed by atoms with Crippen LogP contribution in [0.5, 0.6) is 0 Å². The van der Waals surface area contributed by atoms with E-state index >= 15 is 0 Å². The molecule has 0 saturated carbocycles. The Morgan fingerprint density at radius 2 is 0.640 bits per heavy atom. The van der Waals surface area contributed by atoms with E-state index in [4.69, 9.17) is 18.9 Å². The lowest BCUT2D eigenvalue weighted by atomic mass is 10.0. The van der Waals surface area contributed by atoms with Gasteiger partial charge in [0.2, 0.25) is 0 Å². The number of carboxylic acid groups (broad SMARTS) is 1. The second-order valence-corrected chi connectivity index (χ2v) is 25.5. The molecule has 89 heavy (non-hydrogen) atoms. The van der Waals surface area contributed by atoms with Gasteiger partial charge in [0.15, 0.2) is 6.10 Å². The molecular formula is C80H138NO8+. The monoisotopic (exact) mass is 1240 g/mol. The average molecular weight is 1240 g/mol. The van der Waals surface area contributed by atoms with Crippen LogP contribution < -0.4 is 0 Å². The number of hydrogen-bond acceptors (Lipinski definition) is 7. The van der Waals surface area contributed by atoms with Crippen molar-refractivity contribution in [1.82, 2.24) is 0 Å². The summed E-state index contributed by atoms with van der Waals surface area (Å²) in [7, 11) is 5.97. The van der Waals surface area contributed by atoms with E-state index in [1.165, 1.54) is 167 Å². The molecule has 9 nitrogen and oxygen atoms in total. The van der Waals surface area contributed by atoms with Gasteiger partial charge in [-0.05, 0) is 109 Å². The number of hydrogen-bond donors (Lipinski definition) is 1. The van der Waals surface area contributed by atoms with Crippen LogP contribution in [0.2, 0.25) is 0 Å². The van der Waals surface area contributed by atoms with Crippen LogP contribution in [0, 0.1) is 0 Å². The van der Waals surface area contributed by atoms with Crippen molar-refractivity contribution < 1.29 is 42.9 Å². The van der Waals surface area contributed by atoms with E-state index in [1.54, 1.807) is 0 Å². The number of esters is 2. The van der Waals surface area contributed by atoms with Gasteiger partial charge in [0.25, 0.3) is 6.29 Å². The molecular weight excluding hydrogens is 1100 g/mol. The van der Waals surface area contributed by atoms with Crippen LogP contribution in [0.15, 0.2) is 122 Å². The van der Waals surface area contributed by atoms with Crippen molar-refractivity contribution in [3.63, 3.8) is 0 Å². The molecule has 0 heterocycles. The molecule has 0 aliphatic carbocycles. The third-order valence-electron chi connectivity index (χ3n) is 15.7. The normalized spacial score (nSPS) is 13.4. The molecule has 0 aliphatic heterocycles. The van der Waals surface area contributed by atoms with Gasteiger partial charge in [-0.25, -0.2) is 4.79 Å². The van der Waals surface area contributed by atoms with Gasteiger partial charge in [-0.3, -0.25) is 9.59 Å². The molecule has 1 N–H and O–H groups in total. The summed E-state index contributed by atoms with van der Waals surface area (Å²) >= 11 is 0. The molecule has 0 fully saturated rings. The molecule has 0 aliphatic rings. The smallest absolute Gasteiger partial charge is 0.361 e. The van der Waals surface area contributed by atoms with Crippen molar-refractivity contribution in [3.05, 3.63) is 122 Å². The van der Waals surface area contributed by atoms with Crippen molar-refractivity contribution in [1.29, 1.82) is 0 Å². The van der Waals surface area contributed by atoms with Crippen LogP contribution in [0.25, 0.3) is 0 Å². The number of carbonyl (C=O) groups excluding carboxylic acids is 2. The first-order valence-corrected chi connectivity index (χ1v) is 36.7. The summed E-state index contributed by atoms with van der Waals surface area (Å²) < 4.78 is 23.0. The molecule has 0 aromatic carbocycles. The van der Waals surface area contributed by atoms with Crippen molar-refractivity contribution >= 4 is 17.9 Å². The van der Waals surface area contributed by atoms with Crippen LogP contribution >= 0.6 is 0 Å². The van der Waals surface area contributed by atoms with E-state index in [0.29, 0.717) is 23.9 Å². The molecule has 0 radical (unpaired) electrons. The molecule has 0 rings (SSSR count). The molecule has 0 saturated heterocycles. The summed E-state index contributed by atoms with van der Waals surface area (Å²) in [6.45, 7) is 4.76. The summed E-state index contributed by atoms with van der Waals surface area (Å²) in [4.78, 5) is 37.7. The third-order valence-corrected chi connectivity index (χ3v) is 15.7. The number of unbranched alkanes of at least 4 members (excludes halogenated alkanes) is 32. The van der Waals surface area contributed by atoms with Crippen LogP contribution in [0.4, 0.5) is 0 Å². The van der Waals surface area contributed by atoms with Crippen molar-refractivity contribution in [2.24, 2.45) is 0 Å². The first-order valence-electron chi connectivity index (χ1n) is 36.7. The largest absolute Gasteiger partial charge is 0.477 e. The number of allylic oxidation sites excluding steroid dienone is 20. The highest BCUT2D eigenvalue weighted by Crippen LogP contribution is 2.17. The van der Waals surface area contributed by atoms with Gasteiger partial charge in [-0.15, -0.1) is 0 Å². The fourth-order valence-electron chi connectivity index (χ4n) is 10.1. The summed E-state index contributed by atoms with van der Waals surface area (Å²) in [5.74, 6) is -2.03. The zero-order valence-electron chi connectivity index (χ0n) is 58.3. The van der Waals surface area contributed by atoms with E-state index in [1.807, 2.05) is 21.1 Å². The Kier molecular flexibility index (Phi) is 66.2. The Hall–Kier alpha value is -4.31. The fourth-order valence-corrected chi connectivity index (χ4v) is 10.1. The van der Waals surface area contributed by atoms with Gasteiger partial charge in [0.1, 0.15) is 13.2 Å². The summed E-state index contributed by atoms with van der Waals surface area (Å²) in [6, 6.07) is 0. The molecule has 0 spiro atoms. The molecule has 0 amide bonds. The maximum atomic E-state index is 13.0. The third kappa shape index (κ3) is 71.0. The lowest BCUT2D eigenvalue weighted by Gasteiger charge is -2.25. The van der Waals surface area contributed by atoms with E-state index < -0.39 is 24.3 Å². The molecule has 0 aromatic heterocycles. The maximum absolute atomic E-state index is 13.0. The first-order chi connectivity index (χ1) is 43.6.